The summed E-state index contributed by atoms with van der Waals surface area (Å²) < 4.78 is 26.8. The molecule has 1 aromatic heterocycles. The molecule has 0 aliphatic carbocycles. The standard InChI is InChI=1S/C22H42N2O6Si2/c1-21(2,3)31(8,9)28-14-15-17(30-32(10,11)22(4,5)6)18(27-7)19(29-15)24-13-12-16(25)23-20(24)26/h12-13,15,17-19H,14H2,1-11H3,(H,23,25,26)/t15-,17?,18+,19-/m1/s1. The van der Waals surface area contributed by atoms with Crippen molar-refractivity contribution in [3.05, 3.63) is 33.1 Å². The Hall–Kier alpha value is -1.05. The van der Waals surface area contributed by atoms with Gasteiger partial charge in [0.05, 0.1) is 6.61 Å². The highest BCUT2D eigenvalue weighted by atomic mass is 28.4. The van der Waals surface area contributed by atoms with Crippen LogP contribution in [0.5, 0.6) is 0 Å². The largest absolute Gasteiger partial charge is 0.414 e. The number of ether oxygens (including phenoxy) is 2. The Morgan fingerprint density at radius 3 is 2.03 bits per heavy atom. The summed E-state index contributed by atoms with van der Waals surface area (Å²) in [6.07, 6.45) is -0.632. The minimum Gasteiger partial charge on any atom is -0.414 e. The van der Waals surface area contributed by atoms with Gasteiger partial charge in [-0.3, -0.25) is 14.3 Å². The Bertz CT molecular complexity index is 897. The Balaban J connectivity index is 2.43. The summed E-state index contributed by atoms with van der Waals surface area (Å²) >= 11 is 0. The van der Waals surface area contributed by atoms with Gasteiger partial charge in [0, 0.05) is 19.4 Å². The molecule has 4 atom stereocenters. The van der Waals surface area contributed by atoms with E-state index in [2.05, 4.69) is 72.7 Å². The number of aromatic nitrogens is 2. The number of rotatable bonds is 7. The molecule has 0 saturated carbocycles. The van der Waals surface area contributed by atoms with Crippen molar-refractivity contribution in [2.75, 3.05) is 13.7 Å². The number of nitrogens with zero attached hydrogens (tertiary/aromatic N) is 1. The van der Waals surface area contributed by atoms with E-state index >= 15 is 0 Å². The zero-order valence-electron chi connectivity index (χ0n) is 21.6. The van der Waals surface area contributed by atoms with Crippen molar-refractivity contribution in [2.45, 2.75) is 102 Å². The van der Waals surface area contributed by atoms with Gasteiger partial charge < -0.3 is 18.3 Å². The van der Waals surface area contributed by atoms with Crippen LogP contribution in [0.1, 0.15) is 47.8 Å². The van der Waals surface area contributed by atoms with E-state index in [-0.39, 0.29) is 10.1 Å². The average Bonchev–Trinajstić information content (AvgIpc) is 2.94. The molecule has 10 heteroatoms. The van der Waals surface area contributed by atoms with Gasteiger partial charge in [-0.15, -0.1) is 0 Å². The van der Waals surface area contributed by atoms with E-state index in [9.17, 15) is 9.59 Å². The number of methoxy groups -OCH3 is 1. The topological polar surface area (TPSA) is 91.8 Å². The second kappa shape index (κ2) is 9.30. The van der Waals surface area contributed by atoms with E-state index in [0.29, 0.717) is 6.61 Å². The molecular formula is C22H42N2O6Si2. The molecule has 1 aliphatic heterocycles. The number of aromatic amines is 1. The molecule has 32 heavy (non-hydrogen) atoms. The van der Waals surface area contributed by atoms with E-state index in [1.807, 2.05) is 0 Å². The van der Waals surface area contributed by atoms with Crippen LogP contribution in [-0.2, 0) is 18.3 Å². The zero-order valence-corrected chi connectivity index (χ0v) is 23.6. The number of H-pyrrole nitrogens is 1. The predicted octanol–water partition coefficient (Wildman–Crippen LogP) is 3.86. The fourth-order valence-electron chi connectivity index (χ4n) is 3.11. The van der Waals surface area contributed by atoms with Crippen LogP contribution >= 0.6 is 0 Å². The maximum atomic E-state index is 12.5. The number of hydrogen-bond donors (Lipinski definition) is 1. The second-order valence-electron chi connectivity index (χ2n) is 11.7. The van der Waals surface area contributed by atoms with Crippen LogP contribution < -0.4 is 11.2 Å². The number of nitrogens with one attached hydrogen (secondary N) is 1. The first kappa shape index (κ1) is 27.2. The third-order valence-corrected chi connectivity index (χ3v) is 16.3. The van der Waals surface area contributed by atoms with Crippen molar-refractivity contribution in [1.82, 2.24) is 9.55 Å². The fourth-order valence-corrected chi connectivity index (χ4v) is 5.44. The molecule has 0 amide bonds. The number of hydrogen-bond acceptors (Lipinski definition) is 6. The minimum absolute atomic E-state index is 0.0109. The summed E-state index contributed by atoms with van der Waals surface area (Å²) in [5.74, 6) is 0. The van der Waals surface area contributed by atoms with Crippen LogP contribution in [0.3, 0.4) is 0 Å². The Morgan fingerprint density at radius 2 is 1.56 bits per heavy atom. The molecule has 184 valence electrons. The Labute approximate surface area is 193 Å². The summed E-state index contributed by atoms with van der Waals surface area (Å²) in [6, 6.07) is 1.31. The van der Waals surface area contributed by atoms with Crippen molar-refractivity contribution in [1.29, 1.82) is 0 Å². The van der Waals surface area contributed by atoms with E-state index in [1.54, 1.807) is 7.11 Å². The van der Waals surface area contributed by atoms with Gasteiger partial charge in [-0.25, -0.2) is 4.79 Å². The normalized spacial score (nSPS) is 25.3. The first-order valence-electron chi connectivity index (χ1n) is 11.2. The van der Waals surface area contributed by atoms with Crippen LogP contribution in [0.2, 0.25) is 36.3 Å². The molecule has 2 rings (SSSR count). The molecule has 1 N–H and O–H groups in total. The van der Waals surface area contributed by atoms with Crippen LogP contribution in [0, 0.1) is 0 Å². The van der Waals surface area contributed by atoms with E-state index < -0.39 is 52.4 Å². The summed E-state index contributed by atoms with van der Waals surface area (Å²) in [5, 5.41) is 0.0420. The maximum absolute atomic E-state index is 12.5. The molecule has 1 aliphatic rings. The van der Waals surface area contributed by atoms with E-state index in [0.717, 1.165) is 0 Å². The van der Waals surface area contributed by atoms with Crippen molar-refractivity contribution in [3.63, 3.8) is 0 Å². The molecule has 1 unspecified atom stereocenters. The van der Waals surface area contributed by atoms with Gasteiger partial charge in [0.1, 0.15) is 18.3 Å². The van der Waals surface area contributed by atoms with Gasteiger partial charge in [-0.2, -0.15) is 0 Å². The summed E-state index contributed by atoms with van der Waals surface area (Å²) in [5.41, 5.74) is -0.994. The first-order valence-corrected chi connectivity index (χ1v) is 17.0. The Kier molecular flexibility index (Phi) is 7.91. The summed E-state index contributed by atoms with van der Waals surface area (Å²) in [4.78, 5) is 26.4. The van der Waals surface area contributed by atoms with Crippen molar-refractivity contribution in [3.8, 4) is 0 Å². The van der Waals surface area contributed by atoms with Crippen molar-refractivity contribution >= 4 is 16.6 Å². The SMILES string of the molecule is CO[C@H]1C(O[Si](C)(C)C(C)(C)C)[C@@H](CO[Si](C)(C)C(C)(C)C)O[C@H]1n1ccc(=O)[nH]c1=O. The zero-order chi connectivity index (χ0) is 24.7. The summed E-state index contributed by atoms with van der Waals surface area (Å²) in [6.45, 7) is 22.2. The molecule has 0 radical (unpaired) electrons. The Morgan fingerprint density at radius 1 is 1.00 bits per heavy atom. The van der Waals surface area contributed by atoms with Gasteiger partial charge >= 0.3 is 5.69 Å². The molecule has 2 heterocycles. The van der Waals surface area contributed by atoms with Crippen molar-refractivity contribution in [2.24, 2.45) is 0 Å². The van der Waals surface area contributed by atoms with Crippen LogP contribution in [0.25, 0.3) is 0 Å². The minimum atomic E-state index is -2.18. The van der Waals surface area contributed by atoms with Crippen molar-refractivity contribution < 1.29 is 18.3 Å². The quantitative estimate of drug-likeness (QED) is 0.589. The first-order chi connectivity index (χ1) is 14.4. The monoisotopic (exact) mass is 486 g/mol. The smallest absolute Gasteiger partial charge is 0.330 e. The molecule has 1 saturated heterocycles. The van der Waals surface area contributed by atoms with E-state index in [4.69, 9.17) is 18.3 Å². The third-order valence-electron chi connectivity index (χ3n) is 7.33. The highest BCUT2D eigenvalue weighted by Gasteiger charge is 2.52. The molecular weight excluding hydrogens is 444 g/mol. The second-order valence-corrected chi connectivity index (χ2v) is 21.3. The lowest BCUT2D eigenvalue weighted by molar-refractivity contribution is -0.0613. The van der Waals surface area contributed by atoms with Gasteiger partial charge in [0.25, 0.3) is 5.56 Å². The molecule has 8 nitrogen and oxygen atoms in total. The van der Waals surface area contributed by atoms with Crippen LogP contribution in [0.4, 0.5) is 0 Å². The van der Waals surface area contributed by atoms with Crippen LogP contribution in [0.15, 0.2) is 21.9 Å². The van der Waals surface area contributed by atoms with Crippen LogP contribution in [-0.4, -0.2) is 58.2 Å². The molecule has 0 aromatic carbocycles. The van der Waals surface area contributed by atoms with Gasteiger partial charge in [-0.1, -0.05) is 41.5 Å². The maximum Gasteiger partial charge on any atom is 0.330 e. The fraction of sp³-hybridized carbons (Fsp3) is 0.818. The average molecular weight is 487 g/mol. The lowest BCUT2D eigenvalue weighted by atomic mass is 10.1. The molecule has 1 aromatic rings. The van der Waals surface area contributed by atoms with Gasteiger partial charge in [0.2, 0.25) is 0 Å². The van der Waals surface area contributed by atoms with E-state index in [1.165, 1.54) is 16.8 Å². The molecule has 0 bridgehead atoms. The summed E-state index contributed by atoms with van der Waals surface area (Å²) in [7, 11) is -2.62. The highest BCUT2D eigenvalue weighted by Crippen LogP contribution is 2.43. The lowest BCUT2D eigenvalue weighted by Gasteiger charge is -2.41. The molecule has 1 fully saturated rings. The lowest BCUT2D eigenvalue weighted by Crippen LogP contribution is -2.51. The highest BCUT2D eigenvalue weighted by molar-refractivity contribution is 6.74. The van der Waals surface area contributed by atoms with Gasteiger partial charge in [0.15, 0.2) is 22.9 Å². The third kappa shape index (κ3) is 5.71. The van der Waals surface area contributed by atoms with Gasteiger partial charge in [-0.05, 0) is 36.3 Å². The predicted molar refractivity (Wildman–Crippen MR) is 131 cm³/mol. The molecule has 0 spiro atoms.